The molecule has 0 aliphatic carbocycles. The number of H-pyrrole nitrogens is 1. The summed E-state index contributed by atoms with van der Waals surface area (Å²) in [6, 6.07) is 10.6. The Balaban J connectivity index is 2.16. The van der Waals surface area contributed by atoms with Gasteiger partial charge in [-0.05, 0) is 12.1 Å². The van der Waals surface area contributed by atoms with Crippen LogP contribution in [-0.2, 0) is 6.42 Å². The maximum atomic E-state index is 11.3. The van der Waals surface area contributed by atoms with Crippen molar-refractivity contribution in [1.29, 1.82) is 0 Å². The zero-order valence-electron chi connectivity index (χ0n) is 9.14. The summed E-state index contributed by atoms with van der Waals surface area (Å²) in [6.45, 7) is 0. The second-order valence-corrected chi connectivity index (χ2v) is 4.12. The molecule has 17 heavy (non-hydrogen) atoms. The Morgan fingerprint density at radius 2 is 2.00 bits per heavy atom. The average molecular weight is 228 g/mol. The van der Waals surface area contributed by atoms with E-state index in [4.69, 9.17) is 10.5 Å². The second-order valence-electron chi connectivity index (χ2n) is 4.12. The van der Waals surface area contributed by atoms with Crippen LogP contribution in [0.3, 0.4) is 0 Å². The van der Waals surface area contributed by atoms with Gasteiger partial charge >= 0.3 is 0 Å². The summed E-state index contributed by atoms with van der Waals surface area (Å²) in [5.74, 6) is 1.43. The third-order valence-electron chi connectivity index (χ3n) is 2.92. The Morgan fingerprint density at radius 3 is 2.88 bits per heavy atom. The molecule has 2 heterocycles. The summed E-state index contributed by atoms with van der Waals surface area (Å²) in [5.41, 5.74) is 7.69. The van der Waals surface area contributed by atoms with Crippen molar-refractivity contribution < 1.29 is 4.74 Å². The Labute approximate surface area is 98.0 Å². The molecular weight excluding hydrogens is 216 g/mol. The fraction of sp³-hybridized carbons (Fsp3) is 0.154. The van der Waals surface area contributed by atoms with Crippen LogP contribution < -0.4 is 16.0 Å². The Morgan fingerprint density at radius 1 is 1.18 bits per heavy atom. The molecule has 1 aromatic carbocycles. The van der Waals surface area contributed by atoms with Crippen LogP contribution >= 0.6 is 0 Å². The number of para-hydroxylation sites is 1. The SMILES string of the molecule is NC1Cc2[nH]c(=O)ccc2Oc2ccccc21. The molecule has 0 saturated heterocycles. The van der Waals surface area contributed by atoms with Crippen LogP contribution in [-0.4, -0.2) is 4.98 Å². The Kier molecular flexibility index (Phi) is 2.23. The minimum Gasteiger partial charge on any atom is -0.455 e. The molecule has 3 rings (SSSR count). The van der Waals surface area contributed by atoms with Crippen LogP contribution in [0.1, 0.15) is 17.3 Å². The highest BCUT2D eigenvalue weighted by molar-refractivity contribution is 5.44. The first-order valence-corrected chi connectivity index (χ1v) is 5.48. The number of benzene rings is 1. The van der Waals surface area contributed by atoms with Gasteiger partial charge in [0.1, 0.15) is 11.5 Å². The van der Waals surface area contributed by atoms with E-state index < -0.39 is 0 Å². The topological polar surface area (TPSA) is 68.1 Å². The van der Waals surface area contributed by atoms with Gasteiger partial charge in [-0.2, -0.15) is 0 Å². The lowest BCUT2D eigenvalue weighted by molar-refractivity contribution is 0.475. The lowest BCUT2D eigenvalue weighted by Crippen LogP contribution is -2.15. The number of hydrogen-bond donors (Lipinski definition) is 2. The molecule has 0 amide bonds. The summed E-state index contributed by atoms with van der Waals surface area (Å²) in [5, 5.41) is 0. The first-order chi connectivity index (χ1) is 8.24. The fourth-order valence-electron chi connectivity index (χ4n) is 2.08. The summed E-state index contributed by atoms with van der Waals surface area (Å²) in [4.78, 5) is 14.1. The van der Waals surface area contributed by atoms with Gasteiger partial charge in [0.2, 0.25) is 5.56 Å². The third-order valence-corrected chi connectivity index (χ3v) is 2.92. The molecule has 2 aromatic rings. The van der Waals surface area contributed by atoms with Gasteiger partial charge in [-0.25, -0.2) is 0 Å². The number of rotatable bonds is 0. The predicted molar refractivity (Wildman–Crippen MR) is 64.2 cm³/mol. The lowest BCUT2D eigenvalue weighted by Gasteiger charge is -2.10. The second kappa shape index (κ2) is 3.75. The van der Waals surface area contributed by atoms with Crippen LogP contribution in [0.25, 0.3) is 0 Å². The highest BCUT2D eigenvalue weighted by Crippen LogP contribution is 2.35. The van der Waals surface area contributed by atoms with Gasteiger partial charge in [-0.3, -0.25) is 4.79 Å². The van der Waals surface area contributed by atoms with Gasteiger partial charge in [0.15, 0.2) is 0 Å². The Bertz CT molecular complexity index is 619. The molecule has 1 aliphatic rings. The monoisotopic (exact) mass is 228 g/mol. The van der Waals surface area contributed by atoms with Gasteiger partial charge < -0.3 is 15.5 Å². The summed E-state index contributed by atoms with van der Waals surface area (Å²) in [7, 11) is 0. The van der Waals surface area contributed by atoms with Crippen LogP contribution in [0.5, 0.6) is 11.5 Å². The largest absolute Gasteiger partial charge is 0.455 e. The zero-order valence-corrected chi connectivity index (χ0v) is 9.14. The fourth-order valence-corrected chi connectivity index (χ4v) is 2.08. The number of aromatic amines is 1. The zero-order chi connectivity index (χ0) is 11.8. The normalized spacial score (nSPS) is 17.6. The molecule has 4 nitrogen and oxygen atoms in total. The minimum absolute atomic E-state index is 0.134. The molecule has 1 unspecified atom stereocenters. The van der Waals surface area contributed by atoms with Crippen molar-refractivity contribution in [2.45, 2.75) is 12.5 Å². The predicted octanol–water partition coefficient (Wildman–Crippen LogP) is 1.72. The van der Waals surface area contributed by atoms with E-state index in [-0.39, 0.29) is 11.6 Å². The van der Waals surface area contributed by atoms with Crippen molar-refractivity contribution in [3.05, 3.63) is 58.0 Å². The number of aromatic nitrogens is 1. The third kappa shape index (κ3) is 1.72. The molecule has 0 bridgehead atoms. The van der Waals surface area contributed by atoms with E-state index in [1.807, 2.05) is 24.3 Å². The number of pyridine rings is 1. The lowest BCUT2D eigenvalue weighted by atomic mass is 10.0. The molecule has 0 saturated carbocycles. The van der Waals surface area contributed by atoms with Gasteiger partial charge in [-0.1, -0.05) is 18.2 Å². The van der Waals surface area contributed by atoms with Gasteiger partial charge in [0.25, 0.3) is 0 Å². The molecule has 0 spiro atoms. The molecule has 86 valence electrons. The summed E-state index contributed by atoms with van der Waals surface area (Å²) < 4.78 is 5.78. The highest BCUT2D eigenvalue weighted by Gasteiger charge is 2.20. The molecule has 0 fully saturated rings. The van der Waals surface area contributed by atoms with Crippen molar-refractivity contribution in [2.75, 3.05) is 0 Å². The molecular formula is C13H12N2O2. The first-order valence-electron chi connectivity index (χ1n) is 5.48. The first kappa shape index (κ1) is 10.1. The van der Waals surface area contributed by atoms with Gasteiger partial charge in [-0.15, -0.1) is 0 Å². The molecule has 4 heteroatoms. The van der Waals surface area contributed by atoms with Crippen molar-refractivity contribution in [3.8, 4) is 11.5 Å². The maximum Gasteiger partial charge on any atom is 0.248 e. The number of nitrogens with one attached hydrogen (secondary N) is 1. The van der Waals surface area contributed by atoms with Crippen LogP contribution in [0.2, 0.25) is 0 Å². The number of ether oxygens (including phenoxy) is 1. The summed E-state index contributed by atoms with van der Waals surface area (Å²) >= 11 is 0. The van der Waals surface area contributed by atoms with Gasteiger partial charge in [0, 0.05) is 24.1 Å². The van der Waals surface area contributed by atoms with E-state index in [2.05, 4.69) is 4.98 Å². The number of fused-ring (bicyclic) bond motifs is 2. The quantitative estimate of drug-likeness (QED) is 0.721. The van der Waals surface area contributed by atoms with Crippen molar-refractivity contribution in [3.63, 3.8) is 0 Å². The van der Waals surface area contributed by atoms with Crippen LogP contribution in [0, 0.1) is 0 Å². The summed E-state index contributed by atoms with van der Waals surface area (Å²) in [6.07, 6.45) is 0.572. The van der Waals surface area contributed by atoms with E-state index in [1.165, 1.54) is 6.07 Å². The van der Waals surface area contributed by atoms with Gasteiger partial charge in [0.05, 0.1) is 5.69 Å². The maximum absolute atomic E-state index is 11.3. The molecule has 0 radical (unpaired) electrons. The van der Waals surface area contributed by atoms with E-state index >= 15 is 0 Å². The van der Waals surface area contributed by atoms with E-state index in [0.29, 0.717) is 12.2 Å². The van der Waals surface area contributed by atoms with Crippen LogP contribution in [0.4, 0.5) is 0 Å². The highest BCUT2D eigenvalue weighted by atomic mass is 16.5. The standard InChI is InChI=1S/C13H12N2O2/c14-9-7-10-12(5-6-13(16)15-10)17-11-4-2-1-3-8(9)11/h1-6,9H,7,14H2,(H,15,16). The molecule has 1 aromatic heterocycles. The van der Waals surface area contributed by atoms with E-state index in [0.717, 1.165) is 17.0 Å². The van der Waals surface area contributed by atoms with E-state index in [9.17, 15) is 4.79 Å². The minimum atomic E-state index is -0.162. The van der Waals surface area contributed by atoms with Crippen molar-refractivity contribution in [2.24, 2.45) is 5.73 Å². The molecule has 1 aliphatic heterocycles. The molecule has 3 N–H and O–H groups in total. The van der Waals surface area contributed by atoms with Crippen molar-refractivity contribution >= 4 is 0 Å². The van der Waals surface area contributed by atoms with E-state index in [1.54, 1.807) is 6.07 Å². The average Bonchev–Trinajstić information content (AvgIpc) is 2.46. The van der Waals surface area contributed by atoms with Crippen LogP contribution in [0.15, 0.2) is 41.2 Å². The van der Waals surface area contributed by atoms with Crippen molar-refractivity contribution in [1.82, 2.24) is 4.98 Å². The molecule has 1 atom stereocenters. The number of hydrogen-bond acceptors (Lipinski definition) is 3. The smallest absolute Gasteiger partial charge is 0.248 e. The Hall–Kier alpha value is -2.07. The number of nitrogens with two attached hydrogens (primary N) is 1.